The fourth-order valence-electron chi connectivity index (χ4n) is 3.61. The topological polar surface area (TPSA) is 87.7 Å². The molecule has 0 heterocycles. The second-order valence-electron chi connectivity index (χ2n) is 8.74. The molecule has 0 fully saturated rings. The third-order valence-corrected chi connectivity index (χ3v) is 5.83. The fraction of sp³-hybridized carbons (Fsp3) is 0.552. The second kappa shape index (κ2) is 20.3. The number of hydrogen-bond acceptors (Lipinski definition) is 5. The number of anilines is 1. The number of ether oxygens (including phenoxy) is 1. The molecule has 1 aromatic carbocycles. The Morgan fingerprint density at radius 2 is 1.56 bits per heavy atom. The Morgan fingerprint density at radius 1 is 0.861 bits per heavy atom. The Balaban J connectivity index is 2.32. The van der Waals surface area contributed by atoms with Crippen molar-refractivity contribution in [2.75, 3.05) is 38.1 Å². The number of nitrogens with one attached hydrogen (secondary N) is 2. The normalized spacial score (nSPS) is 11.3. The summed E-state index contributed by atoms with van der Waals surface area (Å²) in [5, 5.41) is 5.63. The quantitative estimate of drug-likeness (QED) is 0.152. The molecule has 1 rings (SSSR count). The molecule has 7 nitrogen and oxygen atoms in total. The molecular formula is C29H45N3O4. The molecule has 0 spiro atoms. The lowest BCUT2D eigenvalue weighted by molar-refractivity contribution is -0.138. The summed E-state index contributed by atoms with van der Waals surface area (Å²) in [5.41, 5.74) is 1.36. The van der Waals surface area contributed by atoms with Gasteiger partial charge >= 0.3 is 5.97 Å². The van der Waals surface area contributed by atoms with E-state index >= 15 is 0 Å². The summed E-state index contributed by atoms with van der Waals surface area (Å²) in [6, 6.07) is 7.14. The molecule has 0 saturated carbocycles. The molecule has 200 valence electrons. The molecule has 2 N–H and O–H groups in total. The standard InChI is InChI=1S/C29H45N3O4/c1-4-7-8-9-10-11-12-13-21-30-27(33)18-17-25-15-14-16-26(24-25)31-28(34)19-20-29(35)36-23-22-32(5-2)6-3/h14-20,24H,4-13,21-23H2,1-3H3,(H,30,33)(H,31,34). The largest absolute Gasteiger partial charge is 0.461 e. The summed E-state index contributed by atoms with van der Waals surface area (Å²) in [5.74, 6) is -1.11. The zero-order chi connectivity index (χ0) is 26.4. The first-order chi connectivity index (χ1) is 17.5. The highest BCUT2D eigenvalue weighted by Crippen LogP contribution is 2.12. The van der Waals surface area contributed by atoms with Crippen molar-refractivity contribution in [1.29, 1.82) is 0 Å². The van der Waals surface area contributed by atoms with Crippen LogP contribution in [0.1, 0.15) is 77.7 Å². The first kappa shape index (κ1) is 31.1. The summed E-state index contributed by atoms with van der Waals surface area (Å²) < 4.78 is 5.12. The Morgan fingerprint density at radius 3 is 2.25 bits per heavy atom. The van der Waals surface area contributed by atoms with Gasteiger partial charge in [0.1, 0.15) is 6.61 Å². The van der Waals surface area contributed by atoms with Crippen LogP contribution in [0.3, 0.4) is 0 Å². The van der Waals surface area contributed by atoms with Gasteiger partial charge < -0.3 is 20.3 Å². The summed E-state index contributed by atoms with van der Waals surface area (Å²) in [4.78, 5) is 38.1. The van der Waals surface area contributed by atoms with E-state index in [1.807, 2.05) is 19.9 Å². The van der Waals surface area contributed by atoms with Crippen LogP contribution in [0.15, 0.2) is 42.5 Å². The van der Waals surface area contributed by atoms with Crippen LogP contribution in [-0.4, -0.2) is 55.5 Å². The summed E-state index contributed by atoms with van der Waals surface area (Å²) >= 11 is 0. The Labute approximate surface area is 217 Å². The minimum Gasteiger partial charge on any atom is -0.461 e. The van der Waals surface area contributed by atoms with E-state index in [4.69, 9.17) is 4.74 Å². The van der Waals surface area contributed by atoms with E-state index in [2.05, 4.69) is 22.5 Å². The van der Waals surface area contributed by atoms with Gasteiger partial charge in [0.2, 0.25) is 11.8 Å². The van der Waals surface area contributed by atoms with Crippen LogP contribution in [0.5, 0.6) is 0 Å². The molecule has 36 heavy (non-hydrogen) atoms. The molecule has 0 bridgehead atoms. The van der Waals surface area contributed by atoms with E-state index in [0.717, 1.165) is 43.6 Å². The molecule has 0 unspecified atom stereocenters. The second-order valence-corrected chi connectivity index (χ2v) is 8.74. The van der Waals surface area contributed by atoms with E-state index in [1.54, 1.807) is 24.3 Å². The Bertz CT molecular complexity index is 832. The van der Waals surface area contributed by atoms with Gasteiger partial charge in [-0.25, -0.2) is 4.79 Å². The van der Waals surface area contributed by atoms with Gasteiger partial charge in [-0.1, -0.05) is 77.8 Å². The van der Waals surface area contributed by atoms with E-state index in [9.17, 15) is 14.4 Å². The molecule has 1 aromatic rings. The zero-order valence-corrected chi connectivity index (χ0v) is 22.4. The van der Waals surface area contributed by atoms with Crippen molar-refractivity contribution in [2.24, 2.45) is 0 Å². The van der Waals surface area contributed by atoms with E-state index in [1.165, 1.54) is 44.6 Å². The van der Waals surface area contributed by atoms with Crippen molar-refractivity contribution in [1.82, 2.24) is 10.2 Å². The fourth-order valence-corrected chi connectivity index (χ4v) is 3.61. The maximum absolute atomic E-state index is 12.1. The number of hydrogen-bond donors (Lipinski definition) is 2. The highest BCUT2D eigenvalue weighted by molar-refractivity contribution is 6.02. The molecular weight excluding hydrogens is 454 g/mol. The van der Waals surface area contributed by atoms with Crippen molar-refractivity contribution in [3.63, 3.8) is 0 Å². The first-order valence-electron chi connectivity index (χ1n) is 13.4. The van der Waals surface area contributed by atoms with Crippen LogP contribution in [0.2, 0.25) is 0 Å². The molecule has 0 radical (unpaired) electrons. The van der Waals surface area contributed by atoms with Gasteiger partial charge in [0.15, 0.2) is 0 Å². The average molecular weight is 500 g/mol. The number of nitrogens with zero attached hydrogens (tertiary/aromatic N) is 1. The molecule has 7 heteroatoms. The molecule has 0 aliphatic heterocycles. The number of likely N-dealkylation sites (N-methyl/N-ethyl adjacent to an activating group) is 1. The van der Waals surface area contributed by atoms with Gasteiger partial charge in [0.25, 0.3) is 0 Å². The van der Waals surface area contributed by atoms with Gasteiger partial charge in [-0.2, -0.15) is 0 Å². The summed E-state index contributed by atoms with van der Waals surface area (Å²) in [6.45, 7) is 9.74. The molecule has 0 aromatic heterocycles. The van der Waals surface area contributed by atoms with Gasteiger partial charge in [-0.15, -0.1) is 0 Å². The lowest BCUT2D eigenvalue weighted by Crippen LogP contribution is -2.27. The smallest absolute Gasteiger partial charge is 0.330 e. The monoisotopic (exact) mass is 499 g/mol. The molecule has 0 aliphatic rings. The Hall–Kier alpha value is -2.93. The number of benzene rings is 1. The SMILES string of the molecule is CCCCCCCCCCNC(=O)C=Cc1cccc(NC(=O)C=CC(=O)OCCN(CC)CC)c1. The van der Waals surface area contributed by atoms with Crippen molar-refractivity contribution in [2.45, 2.75) is 72.1 Å². The minimum absolute atomic E-state index is 0.130. The molecule has 0 atom stereocenters. The van der Waals surface area contributed by atoms with Crippen LogP contribution in [0, 0.1) is 0 Å². The predicted octanol–water partition coefficient (Wildman–Crippen LogP) is 5.34. The number of carbonyl (C=O) groups excluding carboxylic acids is 3. The van der Waals surface area contributed by atoms with Crippen molar-refractivity contribution in [3.8, 4) is 0 Å². The summed E-state index contributed by atoms with van der Waals surface area (Å²) in [7, 11) is 0. The molecule has 0 saturated heterocycles. The maximum Gasteiger partial charge on any atom is 0.330 e. The minimum atomic E-state index is -0.549. The highest BCUT2D eigenvalue weighted by Gasteiger charge is 2.04. The van der Waals surface area contributed by atoms with E-state index in [-0.39, 0.29) is 12.5 Å². The first-order valence-corrected chi connectivity index (χ1v) is 13.4. The number of unbranched alkanes of at least 4 members (excludes halogenated alkanes) is 7. The van der Waals surface area contributed by atoms with Crippen molar-refractivity contribution in [3.05, 3.63) is 48.1 Å². The third-order valence-electron chi connectivity index (χ3n) is 5.83. The van der Waals surface area contributed by atoms with E-state index in [0.29, 0.717) is 18.8 Å². The van der Waals surface area contributed by atoms with Crippen LogP contribution in [0.4, 0.5) is 5.69 Å². The van der Waals surface area contributed by atoms with Gasteiger partial charge in [0.05, 0.1) is 0 Å². The Kier molecular flexibility index (Phi) is 17.5. The average Bonchev–Trinajstić information content (AvgIpc) is 2.88. The number of rotatable bonds is 19. The van der Waals surface area contributed by atoms with Crippen LogP contribution >= 0.6 is 0 Å². The lowest BCUT2D eigenvalue weighted by Gasteiger charge is -2.16. The van der Waals surface area contributed by atoms with Crippen LogP contribution in [-0.2, 0) is 19.1 Å². The third kappa shape index (κ3) is 15.9. The van der Waals surface area contributed by atoms with Gasteiger partial charge in [-0.05, 0) is 43.3 Å². The maximum atomic E-state index is 12.1. The van der Waals surface area contributed by atoms with Gasteiger partial charge in [-0.3, -0.25) is 9.59 Å². The zero-order valence-electron chi connectivity index (χ0n) is 22.4. The summed E-state index contributed by atoms with van der Waals surface area (Å²) in [6.07, 6.45) is 15.3. The van der Waals surface area contributed by atoms with E-state index < -0.39 is 11.9 Å². The van der Waals surface area contributed by atoms with Crippen molar-refractivity contribution < 1.29 is 19.1 Å². The number of esters is 1. The molecule has 0 aliphatic carbocycles. The number of carbonyl (C=O) groups is 3. The highest BCUT2D eigenvalue weighted by atomic mass is 16.5. The van der Waals surface area contributed by atoms with Crippen molar-refractivity contribution >= 4 is 29.5 Å². The predicted molar refractivity (Wildman–Crippen MR) is 148 cm³/mol. The van der Waals surface area contributed by atoms with Crippen LogP contribution < -0.4 is 10.6 Å². The van der Waals surface area contributed by atoms with Crippen LogP contribution in [0.25, 0.3) is 6.08 Å². The number of amides is 2. The van der Waals surface area contributed by atoms with Gasteiger partial charge in [0, 0.05) is 37.0 Å². The molecule has 2 amide bonds. The lowest BCUT2D eigenvalue weighted by atomic mass is 10.1.